The molecule has 1 aliphatic heterocycles. The molecule has 2 rings (SSSR count). The quantitative estimate of drug-likeness (QED) is 0.879. The second-order valence-electron chi connectivity index (χ2n) is 4.51. The predicted molar refractivity (Wildman–Crippen MR) is 76.9 cm³/mol. The largest absolute Gasteiger partial charge is 0.381 e. The molecule has 0 saturated carbocycles. The molecule has 104 valence electrons. The van der Waals surface area contributed by atoms with E-state index in [0.717, 1.165) is 26.2 Å². The number of carbonyl (C=O) groups excluding carboxylic acids is 1. The first kappa shape index (κ1) is 14.6. The van der Waals surface area contributed by atoms with E-state index in [1.165, 1.54) is 0 Å². The Kier molecular flexibility index (Phi) is 5.45. The molecule has 4 nitrogen and oxygen atoms in total. The Labute approximate surface area is 122 Å². The fourth-order valence-electron chi connectivity index (χ4n) is 1.93. The van der Waals surface area contributed by atoms with Crippen LogP contribution in [0.15, 0.2) is 18.2 Å². The maximum atomic E-state index is 11.8. The lowest BCUT2D eigenvalue weighted by Crippen LogP contribution is -2.32. The Morgan fingerprint density at radius 1 is 1.37 bits per heavy atom. The number of hydrogen-bond donors (Lipinski definition) is 2. The van der Waals surface area contributed by atoms with Crippen LogP contribution in [0.25, 0.3) is 0 Å². The molecule has 1 amide bonds. The van der Waals surface area contributed by atoms with Gasteiger partial charge >= 0.3 is 0 Å². The van der Waals surface area contributed by atoms with Crippen LogP contribution in [0, 0.1) is 5.92 Å². The van der Waals surface area contributed by atoms with Crippen molar-refractivity contribution in [3.8, 4) is 0 Å². The molecule has 0 aliphatic carbocycles. The Morgan fingerprint density at radius 2 is 2.11 bits per heavy atom. The summed E-state index contributed by atoms with van der Waals surface area (Å²) in [5, 5.41) is 6.69. The fraction of sp³-hybridized carbons (Fsp3) is 0.462. The first-order chi connectivity index (χ1) is 9.16. The van der Waals surface area contributed by atoms with Crippen LogP contribution in [0.3, 0.4) is 0 Å². The number of ether oxygens (including phenoxy) is 1. The van der Waals surface area contributed by atoms with Crippen molar-refractivity contribution in [1.82, 2.24) is 5.32 Å². The van der Waals surface area contributed by atoms with E-state index in [0.29, 0.717) is 21.7 Å². The molecule has 0 aromatic heterocycles. The highest BCUT2D eigenvalue weighted by molar-refractivity contribution is 6.39. The predicted octanol–water partition coefficient (Wildman–Crippen LogP) is 2.56. The van der Waals surface area contributed by atoms with E-state index in [1.807, 2.05) is 0 Å². The van der Waals surface area contributed by atoms with Gasteiger partial charge in [-0.15, -0.1) is 0 Å². The van der Waals surface area contributed by atoms with E-state index >= 15 is 0 Å². The van der Waals surface area contributed by atoms with Gasteiger partial charge in [-0.1, -0.05) is 29.3 Å². The van der Waals surface area contributed by atoms with E-state index in [4.69, 9.17) is 27.9 Å². The first-order valence-corrected chi connectivity index (χ1v) is 6.94. The third kappa shape index (κ3) is 4.35. The third-order valence-corrected chi connectivity index (χ3v) is 3.60. The van der Waals surface area contributed by atoms with Crippen LogP contribution in [0.1, 0.15) is 6.42 Å². The van der Waals surface area contributed by atoms with Crippen molar-refractivity contribution in [3.63, 3.8) is 0 Å². The zero-order valence-corrected chi connectivity index (χ0v) is 11.9. The molecule has 0 radical (unpaired) electrons. The van der Waals surface area contributed by atoms with Crippen molar-refractivity contribution in [3.05, 3.63) is 28.2 Å². The van der Waals surface area contributed by atoms with Crippen molar-refractivity contribution in [2.24, 2.45) is 5.92 Å². The number of para-hydroxylation sites is 1. The Balaban J connectivity index is 1.77. The standard InChI is InChI=1S/C13H16Cl2N2O2/c14-10-2-1-3-11(15)13(10)17-12(18)7-16-6-9-4-5-19-8-9/h1-3,9,16H,4-8H2,(H,17,18). The third-order valence-electron chi connectivity index (χ3n) is 2.97. The Hall–Kier alpha value is -0.810. The highest BCUT2D eigenvalue weighted by atomic mass is 35.5. The van der Waals surface area contributed by atoms with Crippen molar-refractivity contribution in [2.45, 2.75) is 6.42 Å². The van der Waals surface area contributed by atoms with Crippen LogP contribution >= 0.6 is 23.2 Å². The normalized spacial score (nSPS) is 18.5. The number of carbonyl (C=O) groups is 1. The summed E-state index contributed by atoms with van der Waals surface area (Å²) in [5.41, 5.74) is 0.460. The summed E-state index contributed by atoms with van der Waals surface area (Å²) in [5.74, 6) is 0.339. The summed E-state index contributed by atoms with van der Waals surface area (Å²) in [6, 6.07) is 5.11. The molecule has 1 aliphatic rings. The molecule has 1 saturated heterocycles. The second kappa shape index (κ2) is 7.10. The van der Waals surface area contributed by atoms with Crippen LogP contribution in [-0.2, 0) is 9.53 Å². The number of amides is 1. The van der Waals surface area contributed by atoms with Crippen LogP contribution in [0.4, 0.5) is 5.69 Å². The number of hydrogen-bond acceptors (Lipinski definition) is 3. The molecule has 19 heavy (non-hydrogen) atoms. The zero-order chi connectivity index (χ0) is 13.7. The van der Waals surface area contributed by atoms with Crippen molar-refractivity contribution in [2.75, 3.05) is 31.6 Å². The van der Waals surface area contributed by atoms with Gasteiger partial charge in [-0.3, -0.25) is 4.79 Å². The van der Waals surface area contributed by atoms with E-state index in [-0.39, 0.29) is 12.5 Å². The molecular weight excluding hydrogens is 287 g/mol. The van der Waals surface area contributed by atoms with E-state index in [2.05, 4.69) is 10.6 Å². The van der Waals surface area contributed by atoms with Crippen molar-refractivity contribution >= 4 is 34.8 Å². The molecule has 6 heteroatoms. The van der Waals surface area contributed by atoms with Gasteiger partial charge in [0, 0.05) is 13.2 Å². The Bertz CT molecular complexity index is 428. The first-order valence-electron chi connectivity index (χ1n) is 6.19. The minimum atomic E-state index is -0.158. The molecule has 2 N–H and O–H groups in total. The Morgan fingerprint density at radius 3 is 2.74 bits per heavy atom. The van der Waals surface area contributed by atoms with Crippen molar-refractivity contribution in [1.29, 1.82) is 0 Å². The molecule has 0 bridgehead atoms. The average molecular weight is 303 g/mol. The molecule has 0 spiro atoms. The molecule has 1 aromatic rings. The van der Waals surface area contributed by atoms with E-state index in [1.54, 1.807) is 18.2 Å². The van der Waals surface area contributed by atoms with Crippen LogP contribution in [0.2, 0.25) is 10.0 Å². The summed E-state index contributed by atoms with van der Waals surface area (Å²) < 4.78 is 5.27. The topological polar surface area (TPSA) is 50.4 Å². The van der Waals surface area contributed by atoms with Gasteiger partial charge in [0.25, 0.3) is 0 Å². The summed E-state index contributed by atoms with van der Waals surface area (Å²) >= 11 is 12.0. The monoisotopic (exact) mass is 302 g/mol. The molecule has 1 atom stereocenters. The molecule has 1 aromatic carbocycles. The lowest BCUT2D eigenvalue weighted by atomic mass is 10.1. The van der Waals surface area contributed by atoms with Crippen LogP contribution in [0.5, 0.6) is 0 Å². The number of halogens is 2. The van der Waals surface area contributed by atoms with Gasteiger partial charge in [-0.2, -0.15) is 0 Å². The molecule has 1 unspecified atom stereocenters. The summed E-state index contributed by atoms with van der Waals surface area (Å²) in [6.07, 6.45) is 1.05. The van der Waals surface area contributed by atoms with Gasteiger partial charge in [0.15, 0.2) is 0 Å². The van der Waals surface area contributed by atoms with Gasteiger partial charge in [0.2, 0.25) is 5.91 Å². The van der Waals surface area contributed by atoms with Gasteiger partial charge in [0.05, 0.1) is 28.9 Å². The summed E-state index contributed by atoms with van der Waals surface area (Å²) in [7, 11) is 0. The lowest BCUT2D eigenvalue weighted by molar-refractivity contribution is -0.115. The van der Waals surface area contributed by atoms with Gasteiger partial charge < -0.3 is 15.4 Å². The summed E-state index contributed by atoms with van der Waals surface area (Å²) in [4.78, 5) is 11.8. The van der Waals surface area contributed by atoms with Crippen LogP contribution in [-0.4, -0.2) is 32.2 Å². The lowest BCUT2D eigenvalue weighted by Gasteiger charge is -2.11. The number of benzene rings is 1. The van der Waals surface area contributed by atoms with Gasteiger partial charge in [0.1, 0.15) is 0 Å². The smallest absolute Gasteiger partial charge is 0.238 e. The van der Waals surface area contributed by atoms with Gasteiger partial charge in [-0.25, -0.2) is 0 Å². The average Bonchev–Trinajstić information content (AvgIpc) is 2.87. The maximum Gasteiger partial charge on any atom is 0.238 e. The fourth-order valence-corrected chi connectivity index (χ4v) is 2.43. The number of rotatable bonds is 5. The molecule has 1 heterocycles. The summed E-state index contributed by atoms with van der Waals surface area (Å²) in [6.45, 7) is 2.60. The SMILES string of the molecule is O=C(CNCC1CCOC1)Nc1c(Cl)cccc1Cl. The second-order valence-corrected chi connectivity index (χ2v) is 5.32. The zero-order valence-electron chi connectivity index (χ0n) is 10.4. The van der Waals surface area contributed by atoms with Crippen molar-refractivity contribution < 1.29 is 9.53 Å². The minimum absolute atomic E-state index is 0.158. The highest BCUT2D eigenvalue weighted by Gasteiger charge is 2.15. The number of nitrogens with one attached hydrogen (secondary N) is 2. The van der Waals surface area contributed by atoms with Gasteiger partial charge in [-0.05, 0) is 24.5 Å². The minimum Gasteiger partial charge on any atom is -0.381 e. The highest BCUT2D eigenvalue weighted by Crippen LogP contribution is 2.29. The number of anilines is 1. The van der Waals surface area contributed by atoms with Crippen LogP contribution < -0.4 is 10.6 Å². The molecular formula is C13H16Cl2N2O2. The van der Waals surface area contributed by atoms with E-state index < -0.39 is 0 Å². The van der Waals surface area contributed by atoms with E-state index in [9.17, 15) is 4.79 Å². The maximum absolute atomic E-state index is 11.8. The molecule has 1 fully saturated rings.